The van der Waals surface area contributed by atoms with Gasteiger partial charge >= 0.3 is 0 Å². The number of likely N-dealkylation sites (N-methyl/N-ethyl adjacent to an activating group) is 1. The first-order valence-corrected chi connectivity index (χ1v) is 9.70. The third-order valence-corrected chi connectivity index (χ3v) is 5.42. The summed E-state index contributed by atoms with van der Waals surface area (Å²) >= 11 is 0. The summed E-state index contributed by atoms with van der Waals surface area (Å²) in [5.41, 5.74) is 3.47. The van der Waals surface area contributed by atoms with E-state index in [0.717, 1.165) is 63.5 Å². The number of pyridine rings is 1. The lowest BCUT2D eigenvalue weighted by atomic mass is 9.95. The van der Waals surface area contributed by atoms with Crippen LogP contribution in [0.3, 0.4) is 0 Å². The van der Waals surface area contributed by atoms with Gasteiger partial charge < -0.3 is 15.1 Å². The van der Waals surface area contributed by atoms with Crippen LogP contribution in [0.4, 0.5) is 11.6 Å². The molecule has 1 saturated heterocycles. The number of H-pyrrole nitrogens is 1. The van der Waals surface area contributed by atoms with Gasteiger partial charge in [0, 0.05) is 12.8 Å². The van der Waals surface area contributed by atoms with Gasteiger partial charge in [-0.25, -0.2) is 4.98 Å². The molecule has 4 N–H and O–H groups in total. The van der Waals surface area contributed by atoms with E-state index >= 15 is 0 Å². The Bertz CT molecular complexity index is 642. The van der Waals surface area contributed by atoms with Crippen LogP contribution in [0.5, 0.6) is 0 Å². The van der Waals surface area contributed by atoms with E-state index in [1.165, 1.54) is 39.6 Å². The largest absolute Gasteiger partial charge is 0.340 e. The first-order valence-electron chi connectivity index (χ1n) is 9.70. The van der Waals surface area contributed by atoms with Gasteiger partial charge in [-0.3, -0.25) is 4.90 Å². The molecule has 3 rings (SSSR count). The SMILES string of the molecule is C[NH+](C)CCCNc1[nH+]c(N2CCCC2)c2c(c1C#N)CC[NH+](C)C2. The van der Waals surface area contributed by atoms with Crippen LogP contribution in [0.15, 0.2) is 0 Å². The number of nitriles is 1. The van der Waals surface area contributed by atoms with Crippen LogP contribution in [0.2, 0.25) is 0 Å². The van der Waals surface area contributed by atoms with E-state index in [1.54, 1.807) is 0 Å². The second kappa shape index (κ2) is 8.03. The van der Waals surface area contributed by atoms with Crippen LogP contribution in [0.25, 0.3) is 0 Å². The number of aromatic nitrogens is 1. The molecule has 0 bridgehead atoms. The predicted octanol–water partition coefficient (Wildman–Crippen LogP) is -1.51. The van der Waals surface area contributed by atoms with Crippen LogP contribution in [0.1, 0.15) is 36.0 Å². The molecule has 1 aromatic heterocycles. The highest BCUT2D eigenvalue weighted by atomic mass is 15.2. The normalized spacial score (nSPS) is 19.8. The molecule has 1 fully saturated rings. The molecule has 0 aromatic carbocycles. The van der Waals surface area contributed by atoms with Crippen molar-refractivity contribution >= 4 is 11.6 Å². The molecule has 0 aliphatic carbocycles. The number of quaternary nitrogens is 2. The lowest BCUT2D eigenvalue weighted by Gasteiger charge is -2.26. The van der Waals surface area contributed by atoms with E-state index in [9.17, 15) is 5.26 Å². The van der Waals surface area contributed by atoms with Crippen molar-refractivity contribution in [2.24, 2.45) is 0 Å². The number of hydrogen-bond donors (Lipinski definition) is 3. The van der Waals surface area contributed by atoms with Gasteiger partial charge in [0.15, 0.2) is 0 Å². The van der Waals surface area contributed by atoms with E-state index in [-0.39, 0.29) is 0 Å². The smallest absolute Gasteiger partial charge is 0.237 e. The third-order valence-electron chi connectivity index (χ3n) is 5.42. The van der Waals surface area contributed by atoms with E-state index in [0.29, 0.717) is 0 Å². The summed E-state index contributed by atoms with van der Waals surface area (Å²) in [6.45, 7) is 6.40. The van der Waals surface area contributed by atoms with E-state index in [1.807, 2.05) is 0 Å². The Kier molecular flexibility index (Phi) is 5.77. The molecule has 6 heteroatoms. The van der Waals surface area contributed by atoms with Crippen LogP contribution in [-0.4, -0.2) is 53.9 Å². The van der Waals surface area contributed by atoms with Crippen molar-refractivity contribution < 1.29 is 14.8 Å². The summed E-state index contributed by atoms with van der Waals surface area (Å²) in [5.74, 6) is 2.18. The summed E-state index contributed by atoms with van der Waals surface area (Å²) in [7, 11) is 6.60. The molecular formula is C19H33N6+3. The van der Waals surface area contributed by atoms with Gasteiger partial charge in [0.1, 0.15) is 18.2 Å². The summed E-state index contributed by atoms with van der Waals surface area (Å²) in [4.78, 5) is 9.08. The van der Waals surface area contributed by atoms with Crippen molar-refractivity contribution in [3.8, 4) is 6.07 Å². The van der Waals surface area contributed by atoms with Crippen LogP contribution >= 0.6 is 0 Å². The lowest BCUT2D eigenvalue weighted by molar-refractivity contribution is -0.895. The van der Waals surface area contributed by atoms with E-state index in [2.05, 4.69) is 42.4 Å². The van der Waals surface area contributed by atoms with Crippen molar-refractivity contribution in [1.82, 2.24) is 0 Å². The fourth-order valence-electron chi connectivity index (χ4n) is 4.02. The number of aromatic amines is 1. The van der Waals surface area contributed by atoms with Gasteiger partial charge in [0.25, 0.3) is 0 Å². The Labute approximate surface area is 151 Å². The molecule has 0 saturated carbocycles. The second-order valence-corrected chi connectivity index (χ2v) is 7.86. The summed E-state index contributed by atoms with van der Waals surface area (Å²) in [6, 6.07) is 2.48. The quantitative estimate of drug-likeness (QED) is 0.550. The lowest BCUT2D eigenvalue weighted by Crippen LogP contribution is -3.08. The number of fused-ring (bicyclic) bond motifs is 1. The molecule has 0 amide bonds. The van der Waals surface area contributed by atoms with E-state index in [4.69, 9.17) is 0 Å². The third kappa shape index (κ3) is 4.05. The van der Waals surface area contributed by atoms with Crippen LogP contribution < -0.4 is 25.0 Å². The van der Waals surface area contributed by atoms with Crippen molar-refractivity contribution in [2.75, 3.05) is 64.1 Å². The monoisotopic (exact) mass is 345 g/mol. The van der Waals surface area contributed by atoms with Gasteiger partial charge in [-0.2, -0.15) is 5.26 Å². The van der Waals surface area contributed by atoms with Gasteiger partial charge in [0.2, 0.25) is 11.6 Å². The standard InChI is InChI=1S/C19H30N6/c1-23(2)9-6-8-21-18-16(13-20)15-7-12-24(3)14-17(15)19(22-18)25-10-4-5-11-25/h4-12,14H2,1-3H3,(H,21,22)/p+3. The zero-order valence-corrected chi connectivity index (χ0v) is 16.0. The Morgan fingerprint density at radius 1 is 1.28 bits per heavy atom. The Balaban J connectivity index is 1.91. The van der Waals surface area contributed by atoms with Crippen LogP contribution in [0, 0.1) is 11.3 Å². The number of rotatable bonds is 6. The van der Waals surface area contributed by atoms with Gasteiger partial charge in [-0.05, 0) is 18.4 Å². The summed E-state index contributed by atoms with van der Waals surface area (Å²) in [6.07, 6.45) is 4.62. The fraction of sp³-hybridized carbons (Fsp3) is 0.684. The average Bonchev–Trinajstić information content (AvgIpc) is 3.12. The molecular weight excluding hydrogens is 312 g/mol. The molecule has 3 heterocycles. The number of anilines is 2. The van der Waals surface area contributed by atoms with Crippen molar-refractivity contribution in [3.05, 3.63) is 16.7 Å². The number of hydrogen-bond acceptors (Lipinski definition) is 3. The highest BCUT2D eigenvalue weighted by molar-refractivity contribution is 5.61. The van der Waals surface area contributed by atoms with Crippen molar-refractivity contribution in [1.29, 1.82) is 5.26 Å². The Morgan fingerprint density at radius 2 is 2.04 bits per heavy atom. The summed E-state index contributed by atoms with van der Waals surface area (Å²) in [5, 5.41) is 13.3. The summed E-state index contributed by atoms with van der Waals surface area (Å²) < 4.78 is 0. The maximum atomic E-state index is 9.81. The average molecular weight is 346 g/mol. The van der Waals surface area contributed by atoms with Gasteiger partial charge in [-0.15, -0.1) is 0 Å². The second-order valence-electron chi connectivity index (χ2n) is 7.86. The van der Waals surface area contributed by atoms with Gasteiger partial charge in [0.05, 0.1) is 59.4 Å². The Morgan fingerprint density at radius 3 is 2.72 bits per heavy atom. The molecule has 0 spiro atoms. The minimum Gasteiger partial charge on any atom is -0.340 e. The van der Waals surface area contributed by atoms with E-state index < -0.39 is 0 Å². The minimum absolute atomic E-state index is 0.836. The first-order chi connectivity index (χ1) is 12.1. The fourth-order valence-corrected chi connectivity index (χ4v) is 4.02. The van der Waals surface area contributed by atoms with Gasteiger partial charge in [-0.1, -0.05) is 0 Å². The number of nitrogens with zero attached hydrogens (tertiary/aromatic N) is 2. The van der Waals surface area contributed by atoms with Crippen molar-refractivity contribution in [3.63, 3.8) is 0 Å². The highest BCUT2D eigenvalue weighted by Gasteiger charge is 2.32. The molecule has 1 unspecified atom stereocenters. The molecule has 2 aliphatic rings. The molecule has 25 heavy (non-hydrogen) atoms. The zero-order chi connectivity index (χ0) is 17.8. The molecule has 1 atom stereocenters. The minimum atomic E-state index is 0.836. The maximum Gasteiger partial charge on any atom is 0.237 e. The number of nitrogens with one attached hydrogen (secondary N) is 4. The maximum absolute atomic E-state index is 9.81. The molecule has 6 nitrogen and oxygen atoms in total. The topological polar surface area (TPSA) is 62.1 Å². The Hall–Kier alpha value is -1.84. The molecule has 0 radical (unpaired) electrons. The molecule has 1 aromatic rings. The zero-order valence-electron chi connectivity index (χ0n) is 16.0. The van der Waals surface area contributed by atoms with Crippen molar-refractivity contribution in [2.45, 2.75) is 32.2 Å². The molecule has 2 aliphatic heterocycles. The predicted molar refractivity (Wildman–Crippen MR) is 99.1 cm³/mol. The molecule has 136 valence electrons. The first kappa shape index (κ1) is 18.0. The van der Waals surface area contributed by atoms with Crippen LogP contribution in [-0.2, 0) is 13.0 Å². The highest BCUT2D eigenvalue weighted by Crippen LogP contribution is 2.29.